The Morgan fingerprint density at radius 1 is 1.25 bits per heavy atom. The zero-order valence-electron chi connectivity index (χ0n) is 13.3. The number of carbonyl (C=O) groups excluding carboxylic acids is 1. The molecule has 0 radical (unpaired) electrons. The van der Waals surface area contributed by atoms with Crippen LogP contribution in [0.3, 0.4) is 0 Å². The maximum atomic E-state index is 12.5. The first kappa shape index (κ1) is 15.4. The van der Waals surface area contributed by atoms with Crippen molar-refractivity contribution in [1.82, 2.24) is 14.8 Å². The highest BCUT2D eigenvalue weighted by atomic mass is 16.2. The van der Waals surface area contributed by atoms with Gasteiger partial charge in [0.15, 0.2) is 0 Å². The van der Waals surface area contributed by atoms with Crippen molar-refractivity contribution in [2.24, 2.45) is 5.10 Å². The number of hydrogen-bond donors (Lipinski definition) is 1. The van der Waals surface area contributed by atoms with Crippen LogP contribution in [0.2, 0.25) is 0 Å². The molecule has 0 aliphatic carbocycles. The number of fused-ring (bicyclic) bond motifs is 1. The predicted octanol–water partition coefficient (Wildman–Crippen LogP) is 2.67. The topological polar surface area (TPSA) is 82.6 Å². The van der Waals surface area contributed by atoms with Crippen LogP contribution < -0.4 is 5.43 Å². The number of hydrazone groups is 1. The van der Waals surface area contributed by atoms with Crippen LogP contribution in [0, 0.1) is 18.3 Å². The molecule has 2 aromatic heterocycles. The monoisotopic (exact) mass is 317 g/mol. The zero-order valence-corrected chi connectivity index (χ0v) is 13.3. The second kappa shape index (κ2) is 6.34. The number of hydrogen-bond acceptors (Lipinski definition) is 4. The molecule has 3 aromatic rings. The first-order valence-electron chi connectivity index (χ1n) is 7.39. The molecule has 6 heteroatoms. The fourth-order valence-electron chi connectivity index (χ4n) is 2.43. The van der Waals surface area contributed by atoms with Crippen molar-refractivity contribution < 1.29 is 4.79 Å². The van der Waals surface area contributed by atoms with Crippen molar-refractivity contribution >= 4 is 17.3 Å². The van der Waals surface area contributed by atoms with Crippen molar-refractivity contribution in [2.75, 3.05) is 0 Å². The summed E-state index contributed by atoms with van der Waals surface area (Å²) in [5.74, 6) is -0.320. The van der Waals surface area contributed by atoms with Gasteiger partial charge in [-0.1, -0.05) is 18.2 Å². The fraction of sp³-hybridized carbons (Fsp3) is 0.111. The van der Waals surface area contributed by atoms with Gasteiger partial charge in [-0.2, -0.15) is 10.4 Å². The van der Waals surface area contributed by atoms with E-state index in [-0.39, 0.29) is 5.91 Å². The molecule has 0 bridgehead atoms. The van der Waals surface area contributed by atoms with E-state index in [9.17, 15) is 4.79 Å². The Kier molecular flexibility index (Phi) is 4.08. The van der Waals surface area contributed by atoms with Gasteiger partial charge in [0, 0.05) is 6.20 Å². The third kappa shape index (κ3) is 2.88. The number of pyridine rings is 1. The van der Waals surface area contributed by atoms with E-state index in [0.29, 0.717) is 28.3 Å². The van der Waals surface area contributed by atoms with Crippen LogP contribution in [0.1, 0.15) is 34.2 Å². The fourth-order valence-corrected chi connectivity index (χ4v) is 2.43. The molecule has 3 rings (SSSR count). The number of rotatable bonds is 3. The average Bonchev–Trinajstić information content (AvgIpc) is 2.95. The summed E-state index contributed by atoms with van der Waals surface area (Å²) in [7, 11) is 0. The number of aryl methyl sites for hydroxylation is 1. The molecule has 1 amide bonds. The summed E-state index contributed by atoms with van der Waals surface area (Å²) in [5, 5.41) is 13.0. The number of carbonyl (C=O) groups is 1. The number of nitrogens with one attached hydrogen (secondary N) is 1. The summed E-state index contributed by atoms with van der Waals surface area (Å²) in [4.78, 5) is 16.8. The molecule has 0 saturated heterocycles. The molecular weight excluding hydrogens is 302 g/mol. The van der Waals surface area contributed by atoms with Crippen LogP contribution in [0.5, 0.6) is 0 Å². The van der Waals surface area contributed by atoms with Crippen LogP contribution in [-0.4, -0.2) is 21.0 Å². The standard InChI is InChI=1S/C18H15N5O/c1-12(15-8-6-14(11-19)7-9-15)21-22-18(24)17-13(2)20-16-5-3-4-10-23(16)17/h3-10H,1-2H3,(H,22,24). The maximum absolute atomic E-state index is 12.5. The Labute approximate surface area is 139 Å². The molecule has 6 nitrogen and oxygen atoms in total. The minimum atomic E-state index is -0.320. The summed E-state index contributed by atoms with van der Waals surface area (Å²) >= 11 is 0. The summed E-state index contributed by atoms with van der Waals surface area (Å²) in [6.45, 7) is 3.59. The lowest BCUT2D eigenvalue weighted by Gasteiger charge is -2.04. The molecule has 0 aliphatic rings. The third-order valence-electron chi connectivity index (χ3n) is 3.68. The summed E-state index contributed by atoms with van der Waals surface area (Å²) in [6.07, 6.45) is 1.79. The van der Waals surface area contributed by atoms with Gasteiger partial charge in [-0.05, 0) is 43.7 Å². The number of nitrogens with zero attached hydrogens (tertiary/aromatic N) is 4. The van der Waals surface area contributed by atoms with Gasteiger partial charge in [-0.15, -0.1) is 0 Å². The summed E-state index contributed by atoms with van der Waals surface area (Å²) in [6, 6.07) is 14.6. The SMILES string of the molecule is CC(=NNC(=O)c1c(C)nc2ccccn12)c1ccc(C#N)cc1. The Morgan fingerprint density at radius 2 is 2.00 bits per heavy atom. The first-order valence-corrected chi connectivity index (χ1v) is 7.39. The van der Waals surface area contributed by atoms with E-state index in [4.69, 9.17) is 5.26 Å². The van der Waals surface area contributed by atoms with E-state index in [2.05, 4.69) is 21.6 Å². The molecule has 0 aliphatic heterocycles. The second-order valence-corrected chi connectivity index (χ2v) is 5.30. The van der Waals surface area contributed by atoms with Gasteiger partial charge in [-0.3, -0.25) is 9.20 Å². The Morgan fingerprint density at radius 3 is 2.71 bits per heavy atom. The van der Waals surface area contributed by atoms with Crippen LogP contribution in [0.25, 0.3) is 5.65 Å². The smallest absolute Gasteiger partial charge is 0.290 e. The third-order valence-corrected chi connectivity index (χ3v) is 3.68. The molecule has 1 N–H and O–H groups in total. The van der Waals surface area contributed by atoms with E-state index >= 15 is 0 Å². The van der Waals surface area contributed by atoms with Crippen LogP contribution in [-0.2, 0) is 0 Å². The van der Waals surface area contributed by atoms with Gasteiger partial charge in [0.25, 0.3) is 5.91 Å². The van der Waals surface area contributed by atoms with E-state index in [1.807, 2.05) is 18.2 Å². The molecule has 0 fully saturated rings. The van der Waals surface area contributed by atoms with Gasteiger partial charge in [0.1, 0.15) is 11.3 Å². The Hall–Kier alpha value is -3.46. The highest BCUT2D eigenvalue weighted by Crippen LogP contribution is 2.11. The number of nitriles is 1. The van der Waals surface area contributed by atoms with Gasteiger partial charge in [0.05, 0.1) is 23.0 Å². The molecule has 2 heterocycles. The lowest BCUT2D eigenvalue weighted by atomic mass is 10.1. The molecule has 0 unspecified atom stereocenters. The summed E-state index contributed by atoms with van der Waals surface area (Å²) < 4.78 is 1.73. The molecule has 0 spiro atoms. The lowest BCUT2D eigenvalue weighted by molar-refractivity contribution is 0.0948. The number of amides is 1. The van der Waals surface area contributed by atoms with Crippen molar-refractivity contribution in [3.8, 4) is 6.07 Å². The van der Waals surface area contributed by atoms with Crippen LogP contribution in [0.15, 0.2) is 53.8 Å². The highest BCUT2D eigenvalue weighted by Gasteiger charge is 2.15. The molecule has 1 aromatic carbocycles. The molecule has 24 heavy (non-hydrogen) atoms. The van der Waals surface area contributed by atoms with Gasteiger partial charge < -0.3 is 0 Å². The highest BCUT2D eigenvalue weighted by molar-refractivity contribution is 6.01. The largest absolute Gasteiger partial charge is 0.295 e. The van der Waals surface area contributed by atoms with E-state index in [1.54, 1.807) is 48.7 Å². The van der Waals surface area contributed by atoms with E-state index in [1.165, 1.54) is 0 Å². The zero-order chi connectivity index (χ0) is 17.1. The predicted molar refractivity (Wildman–Crippen MR) is 90.8 cm³/mol. The molecule has 0 atom stereocenters. The van der Waals surface area contributed by atoms with Crippen molar-refractivity contribution in [1.29, 1.82) is 5.26 Å². The van der Waals surface area contributed by atoms with Gasteiger partial charge >= 0.3 is 0 Å². The lowest BCUT2D eigenvalue weighted by Crippen LogP contribution is -2.21. The van der Waals surface area contributed by atoms with Crippen molar-refractivity contribution in [2.45, 2.75) is 13.8 Å². The van der Waals surface area contributed by atoms with Crippen LogP contribution in [0.4, 0.5) is 0 Å². The molecule has 0 saturated carbocycles. The Balaban J connectivity index is 1.83. The molecule has 118 valence electrons. The molecular formula is C18H15N5O. The van der Waals surface area contributed by atoms with E-state index < -0.39 is 0 Å². The minimum Gasteiger partial charge on any atom is -0.295 e. The van der Waals surface area contributed by atoms with E-state index in [0.717, 1.165) is 5.56 Å². The average molecular weight is 317 g/mol. The van der Waals surface area contributed by atoms with Crippen LogP contribution >= 0.6 is 0 Å². The van der Waals surface area contributed by atoms with Crippen molar-refractivity contribution in [3.63, 3.8) is 0 Å². The number of imidazole rings is 1. The maximum Gasteiger partial charge on any atom is 0.290 e. The number of benzene rings is 1. The normalized spacial score (nSPS) is 11.3. The van der Waals surface area contributed by atoms with Gasteiger partial charge in [-0.25, -0.2) is 10.4 Å². The summed E-state index contributed by atoms with van der Waals surface area (Å²) in [5.41, 5.74) is 6.46. The first-order chi connectivity index (χ1) is 11.6. The quantitative estimate of drug-likeness (QED) is 0.595. The van der Waals surface area contributed by atoms with Crippen molar-refractivity contribution in [3.05, 3.63) is 71.2 Å². The Bertz CT molecular complexity index is 977. The minimum absolute atomic E-state index is 0.320. The second-order valence-electron chi connectivity index (χ2n) is 5.30. The number of aromatic nitrogens is 2. The van der Waals surface area contributed by atoms with Gasteiger partial charge in [0.2, 0.25) is 0 Å².